The smallest absolute Gasteiger partial charge is 0.274 e. The molecule has 2 heterocycles. The molecule has 5 rings (SSSR count). The third-order valence-corrected chi connectivity index (χ3v) is 7.88. The summed E-state index contributed by atoms with van der Waals surface area (Å²) in [4.78, 5) is 35.6. The van der Waals surface area contributed by atoms with E-state index in [0.717, 1.165) is 38.6 Å². The van der Waals surface area contributed by atoms with E-state index in [1.807, 2.05) is 4.90 Å². The number of carbonyl (C=O) groups excluding carboxylic acids is 2. The molecule has 0 bridgehead atoms. The predicted molar refractivity (Wildman–Crippen MR) is 117 cm³/mol. The number of amides is 2. The molecule has 0 radical (unpaired) electrons. The predicted octanol–water partition coefficient (Wildman–Crippen LogP) is 3.35. The van der Waals surface area contributed by atoms with Gasteiger partial charge in [0.05, 0.1) is 6.20 Å². The molecule has 1 aromatic carbocycles. The first kappa shape index (κ1) is 20.2. The van der Waals surface area contributed by atoms with Crippen molar-refractivity contribution in [3.05, 3.63) is 60.2 Å². The van der Waals surface area contributed by atoms with Crippen LogP contribution in [0.2, 0.25) is 0 Å². The minimum Gasteiger partial charge on any atom is -0.355 e. The fourth-order valence-corrected chi connectivity index (χ4v) is 5.79. The zero-order chi connectivity index (χ0) is 21.3. The Morgan fingerprint density at radius 1 is 1.03 bits per heavy atom. The first-order valence-corrected chi connectivity index (χ1v) is 11.5. The molecular weight excluding hydrogens is 388 g/mol. The summed E-state index contributed by atoms with van der Waals surface area (Å²) < 4.78 is 0. The molecule has 2 amide bonds. The maximum absolute atomic E-state index is 13.0. The van der Waals surface area contributed by atoms with E-state index >= 15 is 0 Å². The Morgan fingerprint density at radius 3 is 2.45 bits per heavy atom. The molecule has 1 saturated heterocycles. The SMILES string of the molecule is O=C(NCC1(c2ccccc2)CCCC1)[C@@H]1CC12CCN(C(=O)c1cnccn1)CC2. The van der Waals surface area contributed by atoms with Gasteiger partial charge in [-0.25, -0.2) is 4.98 Å². The van der Waals surface area contributed by atoms with Gasteiger partial charge in [-0.2, -0.15) is 0 Å². The van der Waals surface area contributed by atoms with Crippen LogP contribution in [0.25, 0.3) is 0 Å². The van der Waals surface area contributed by atoms with E-state index in [0.29, 0.717) is 18.8 Å². The maximum atomic E-state index is 13.0. The highest BCUT2D eigenvalue weighted by Gasteiger charge is 2.59. The van der Waals surface area contributed by atoms with Crippen molar-refractivity contribution in [1.29, 1.82) is 0 Å². The summed E-state index contributed by atoms with van der Waals surface area (Å²) in [5, 5.41) is 3.32. The molecule has 2 aromatic rings. The van der Waals surface area contributed by atoms with Crippen LogP contribution in [0, 0.1) is 11.3 Å². The summed E-state index contributed by atoms with van der Waals surface area (Å²) in [6.45, 7) is 2.11. The van der Waals surface area contributed by atoms with Crippen LogP contribution in [0.1, 0.15) is 61.0 Å². The van der Waals surface area contributed by atoms with E-state index in [9.17, 15) is 9.59 Å². The van der Waals surface area contributed by atoms with Crippen molar-refractivity contribution < 1.29 is 9.59 Å². The third-order valence-electron chi connectivity index (χ3n) is 7.88. The zero-order valence-corrected chi connectivity index (χ0v) is 17.9. The number of rotatable bonds is 5. The Balaban J connectivity index is 1.16. The summed E-state index contributed by atoms with van der Waals surface area (Å²) in [5.41, 5.74) is 1.92. The van der Waals surface area contributed by atoms with Crippen molar-refractivity contribution in [3.8, 4) is 0 Å². The van der Waals surface area contributed by atoms with Crippen LogP contribution in [0.3, 0.4) is 0 Å². The molecule has 6 nitrogen and oxygen atoms in total. The van der Waals surface area contributed by atoms with Crippen molar-refractivity contribution in [2.75, 3.05) is 19.6 Å². The highest BCUT2D eigenvalue weighted by atomic mass is 16.2. The fourth-order valence-electron chi connectivity index (χ4n) is 5.79. The van der Waals surface area contributed by atoms with Gasteiger partial charge in [0, 0.05) is 43.4 Å². The van der Waals surface area contributed by atoms with E-state index in [-0.39, 0.29) is 28.6 Å². The van der Waals surface area contributed by atoms with E-state index in [1.165, 1.54) is 24.6 Å². The number of benzene rings is 1. The highest BCUT2D eigenvalue weighted by Crippen LogP contribution is 2.59. The average molecular weight is 419 g/mol. The minimum atomic E-state index is -0.0596. The number of likely N-dealkylation sites (tertiary alicyclic amines) is 1. The first-order valence-electron chi connectivity index (χ1n) is 11.5. The molecule has 3 fully saturated rings. The summed E-state index contributed by atoms with van der Waals surface area (Å²) in [7, 11) is 0. The normalized spacial score (nSPS) is 23.5. The Bertz CT molecular complexity index is 933. The second-order valence-corrected chi connectivity index (χ2v) is 9.57. The largest absolute Gasteiger partial charge is 0.355 e. The summed E-state index contributed by atoms with van der Waals surface area (Å²) in [6.07, 6.45) is 12.1. The van der Waals surface area contributed by atoms with Gasteiger partial charge in [0.1, 0.15) is 5.69 Å². The van der Waals surface area contributed by atoms with Crippen LogP contribution >= 0.6 is 0 Å². The molecular formula is C25H30N4O2. The standard InChI is InChI=1S/C25H30N4O2/c30-22(28-18-25(8-4-5-9-25)19-6-2-1-3-7-19)20-16-24(20)10-14-29(15-11-24)23(31)21-17-26-12-13-27-21/h1-3,6-7,12-13,17,20H,4-5,8-11,14-16,18H2,(H,28,30)/t20-/m0/s1. The lowest BCUT2D eigenvalue weighted by molar-refractivity contribution is -0.123. The molecule has 1 aromatic heterocycles. The van der Waals surface area contributed by atoms with Crippen molar-refractivity contribution in [3.63, 3.8) is 0 Å². The molecule has 1 atom stereocenters. The van der Waals surface area contributed by atoms with Gasteiger partial charge in [-0.05, 0) is 43.1 Å². The quantitative estimate of drug-likeness (QED) is 0.808. The Morgan fingerprint density at radius 2 is 1.77 bits per heavy atom. The molecule has 31 heavy (non-hydrogen) atoms. The van der Waals surface area contributed by atoms with Crippen LogP contribution in [0.5, 0.6) is 0 Å². The van der Waals surface area contributed by atoms with Crippen molar-refractivity contribution in [1.82, 2.24) is 20.2 Å². The number of carbonyl (C=O) groups is 2. The zero-order valence-electron chi connectivity index (χ0n) is 17.9. The molecule has 2 saturated carbocycles. The third kappa shape index (κ3) is 3.84. The van der Waals surface area contributed by atoms with E-state index in [1.54, 1.807) is 12.4 Å². The molecule has 1 spiro atoms. The Hall–Kier alpha value is -2.76. The molecule has 162 valence electrons. The van der Waals surface area contributed by atoms with E-state index in [4.69, 9.17) is 0 Å². The van der Waals surface area contributed by atoms with Gasteiger partial charge in [0.2, 0.25) is 5.91 Å². The minimum absolute atomic E-state index is 0.0596. The van der Waals surface area contributed by atoms with Crippen molar-refractivity contribution in [2.24, 2.45) is 11.3 Å². The highest BCUT2D eigenvalue weighted by molar-refractivity contribution is 5.92. The summed E-state index contributed by atoms with van der Waals surface area (Å²) >= 11 is 0. The number of piperidine rings is 1. The second kappa shape index (κ2) is 8.06. The molecule has 6 heteroatoms. The Labute approximate surface area is 183 Å². The van der Waals surface area contributed by atoms with Gasteiger partial charge in [0.15, 0.2) is 0 Å². The number of aromatic nitrogens is 2. The van der Waals surface area contributed by atoms with Gasteiger partial charge in [-0.3, -0.25) is 14.6 Å². The topological polar surface area (TPSA) is 75.2 Å². The fraction of sp³-hybridized carbons (Fsp3) is 0.520. The van der Waals surface area contributed by atoms with Crippen molar-refractivity contribution >= 4 is 11.8 Å². The van der Waals surface area contributed by atoms with Crippen LogP contribution in [-0.2, 0) is 10.2 Å². The van der Waals surface area contributed by atoms with Gasteiger partial charge in [-0.1, -0.05) is 43.2 Å². The van der Waals surface area contributed by atoms with E-state index < -0.39 is 0 Å². The van der Waals surface area contributed by atoms with Crippen LogP contribution in [0.4, 0.5) is 0 Å². The maximum Gasteiger partial charge on any atom is 0.274 e. The lowest BCUT2D eigenvalue weighted by Crippen LogP contribution is -2.42. The van der Waals surface area contributed by atoms with Crippen molar-refractivity contribution in [2.45, 2.75) is 50.4 Å². The Kier molecular flexibility index (Phi) is 5.24. The summed E-state index contributed by atoms with van der Waals surface area (Å²) in [5.74, 6) is 0.238. The number of hydrogen-bond acceptors (Lipinski definition) is 4. The molecule has 2 aliphatic carbocycles. The van der Waals surface area contributed by atoms with Gasteiger partial charge >= 0.3 is 0 Å². The van der Waals surface area contributed by atoms with Crippen LogP contribution in [0.15, 0.2) is 48.9 Å². The number of nitrogens with one attached hydrogen (secondary N) is 1. The second-order valence-electron chi connectivity index (χ2n) is 9.57. The van der Waals surface area contributed by atoms with Crippen LogP contribution < -0.4 is 5.32 Å². The van der Waals surface area contributed by atoms with Crippen LogP contribution in [-0.4, -0.2) is 46.3 Å². The monoisotopic (exact) mass is 418 g/mol. The molecule has 3 aliphatic rings. The molecule has 1 N–H and O–H groups in total. The summed E-state index contributed by atoms with van der Waals surface area (Å²) in [6, 6.07) is 10.7. The number of hydrogen-bond donors (Lipinski definition) is 1. The molecule has 1 aliphatic heterocycles. The van der Waals surface area contributed by atoms with E-state index in [2.05, 4.69) is 45.6 Å². The lowest BCUT2D eigenvalue weighted by atomic mass is 9.78. The van der Waals surface area contributed by atoms with Gasteiger partial charge in [0.25, 0.3) is 5.91 Å². The van der Waals surface area contributed by atoms with Gasteiger partial charge < -0.3 is 10.2 Å². The average Bonchev–Trinajstić information content (AvgIpc) is 3.30. The lowest BCUT2D eigenvalue weighted by Gasteiger charge is -2.33. The van der Waals surface area contributed by atoms with Gasteiger partial charge in [-0.15, -0.1) is 0 Å². The number of nitrogens with zero attached hydrogens (tertiary/aromatic N) is 3. The molecule has 0 unspecified atom stereocenters. The first-order chi connectivity index (χ1) is 15.1.